The summed E-state index contributed by atoms with van der Waals surface area (Å²) in [6.07, 6.45) is 7.50. The minimum atomic E-state index is 0.274. The molecule has 17 heavy (non-hydrogen) atoms. The predicted octanol–water partition coefficient (Wildman–Crippen LogP) is 1.94. The minimum absolute atomic E-state index is 0.274. The summed E-state index contributed by atoms with van der Waals surface area (Å²) in [6.45, 7) is 7.01. The van der Waals surface area contributed by atoms with E-state index >= 15 is 0 Å². The fourth-order valence-electron chi connectivity index (χ4n) is 2.69. The zero-order valence-electron chi connectivity index (χ0n) is 10.9. The molecule has 1 atom stereocenters. The molecular formula is C14H24N2O. The van der Waals surface area contributed by atoms with E-state index in [1.807, 2.05) is 0 Å². The Balaban J connectivity index is 1.64. The summed E-state index contributed by atoms with van der Waals surface area (Å²) in [5.74, 6) is 0.931. The molecule has 0 spiro atoms. The van der Waals surface area contributed by atoms with Crippen molar-refractivity contribution >= 4 is 5.78 Å². The zero-order valence-corrected chi connectivity index (χ0v) is 10.9. The molecule has 3 heteroatoms. The lowest BCUT2D eigenvalue weighted by molar-refractivity contribution is -0.114. The van der Waals surface area contributed by atoms with Crippen LogP contribution in [0.3, 0.4) is 0 Å². The van der Waals surface area contributed by atoms with Crippen molar-refractivity contribution in [2.75, 3.05) is 26.2 Å². The summed E-state index contributed by atoms with van der Waals surface area (Å²) in [5.41, 5.74) is 1.14. The van der Waals surface area contributed by atoms with Crippen LogP contribution in [0.4, 0.5) is 0 Å². The van der Waals surface area contributed by atoms with Gasteiger partial charge in [-0.2, -0.15) is 0 Å². The second-order valence-corrected chi connectivity index (χ2v) is 5.48. The van der Waals surface area contributed by atoms with Crippen molar-refractivity contribution in [3.8, 4) is 0 Å². The summed E-state index contributed by atoms with van der Waals surface area (Å²) in [7, 11) is 0. The highest BCUT2D eigenvalue weighted by Gasteiger charge is 2.15. The Labute approximate surface area is 104 Å². The lowest BCUT2D eigenvalue weighted by Crippen LogP contribution is -2.36. The molecule has 1 aliphatic heterocycles. The molecule has 0 aromatic heterocycles. The molecule has 1 aliphatic carbocycles. The third-order valence-electron chi connectivity index (χ3n) is 3.67. The van der Waals surface area contributed by atoms with Crippen molar-refractivity contribution in [3.63, 3.8) is 0 Å². The number of hydrogen-bond acceptors (Lipinski definition) is 3. The van der Waals surface area contributed by atoms with Gasteiger partial charge in [0.25, 0.3) is 0 Å². The second kappa shape index (κ2) is 6.20. The maximum absolute atomic E-state index is 11.1. The topological polar surface area (TPSA) is 32.3 Å². The average molecular weight is 236 g/mol. The third-order valence-corrected chi connectivity index (χ3v) is 3.67. The average Bonchev–Trinajstić information content (AvgIpc) is 2.74. The summed E-state index contributed by atoms with van der Waals surface area (Å²) in [5, 5.41) is 3.41. The largest absolute Gasteiger partial charge is 0.388 e. The normalized spacial score (nSPS) is 23.6. The summed E-state index contributed by atoms with van der Waals surface area (Å²) >= 11 is 0. The van der Waals surface area contributed by atoms with Gasteiger partial charge in [0.1, 0.15) is 0 Å². The zero-order chi connectivity index (χ0) is 12.1. The quantitative estimate of drug-likeness (QED) is 0.792. The van der Waals surface area contributed by atoms with Gasteiger partial charge in [-0.05, 0) is 38.3 Å². The molecule has 0 amide bonds. The van der Waals surface area contributed by atoms with Crippen molar-refractivity contribution in [3.05, 3.63) is 11.8 Å². The molecule has 0 bridgehead atoms. The van der Waals surface area contributed by atoms with Gasteiger partial charge in [-0.1, -0.05) is 13.3 Å². The first-order valence-electron chi connectivity index (χ1n) is 6.93. The summed E-state index contributed by atoms with van der Waals surface area (Å²) in [4.78, 5) is 13.7. The van der Waals surface area contributed by atoms with E-state index in [1.54, 1.807) is 6.08 Å². The lowest BCUT2D eigenvalue weighted by atomic mass is 10.1. The highest BCUT2D eigenvalue weighted by molar-refractivity contribution is 5.92. The van der Waals surface area contributed by atoms with E-state index in [1.165, 1.54) is 38.9 Å². The number of nitrogens with zero attached hydrogens (tertiary/aromatic N) is 1. The molecule has 1 N–H and O–H groups in total. The molecule has 0 radical (unpaired) electrons. The van der Waals surface area contributed by atoms with Crippen LogP contribution in [0.2, 0.25) is 0 Å². The summed E-state index contributed by atoms with van der Waals surface area (Å²) in [6, 6.07) is 0. The molecule has 2 aliphatic rings. The van der Waals surface area contributed by atoms with E-state index < -0.39 is 0 Å². The number of rotatable bonds is 5. The first-order valence-corrected chi connectivity index (χ1v) is 6.93. The number of piperidine rings is 1. The van der Waals surface area contributed by atoms with Gasteiger partial charge in [-0.25, -0.2) is 0 Å². The van der Waals surface area contributed by atoms with Crippen LogP contribution in [-0.4, -0.2) is 36.9 Å². The van der Waals surface area contributed by atoms with Gasteiger partial charge in [0.05, 0.1) is 0 Å². The monoisotopic (exact) mass is 236 g/mol. The number of nitrogens with one attached hydrogen (secondary N) is 1. The van der Waals surface area contributed by atoms with Crippen LogP contribution in [0.1, 0.15) is 39.0 Å². The van der Waals surface area contributed by atoms with Crippen molar-refractivity contribution in [1.82, 2.24) is 10.2 Å². The molecule has 1 saturated heterocycles. The molecule has 1 fully saturated rings. The van der Waals surface area contributed by atoms with Gasteiger partial charge in [-0.15, -0.1) is 0 Å². The van der Waals surface area contributed by atoms with Crippen LogP contribution >= 0.6 is 0 Å². The maximum Gasteiger partial charge on any atom is 0.157 e. The van der Waals surface area contributed by atoms with Crippen LogP contribution in [0.5, 0.6) is 0 Å². The van der Waals surface area contributed by atoms with Crippen LogP contribution in [0.25, 0.3) is 0 Å². The van der Waals surface area contributed by atoms with E-state index in [2.05, 4.69) is 17.1 Å². The van der Waals surface area contributed by atoms with Gasteiger partial charge in [0, 0.05) is 31.3 Å². The molecule has 0 aromatic rings. The molecule has 96 valence electrons. The number of allylic oxidation sites excluding steroid dienone is 2. The van der Waals surface area contributed by atoms with E-state index in [9.17, 15) is 4.79 Å². The Morgan fingerprint density at radius 1 is 1.29 bits per heavy atom. The number of carbonyl (C=O) groups is 1. The molecule has 1 unspecified atom stereocenters. The van der Waals surface area contributed by atoms with Crippen molar-refractivity contribution in [2.24, 2.45) is 5.92 Å². The van der Waals surface area contributed by atoms with Gasteiger partial charge in [-0.3, -0.25) is 4.79 Å². The Hall–Kier alpha value is -0.830. The van der Waals surface area contributed by atoms with Gasteiger partial charge in [0.15, 0.2) is 5.78 Å². The number of carbonyl (C=O) groups excluding carboxylic acids is 1. The molecule has 0 aromatic carbocycles. The Kier molecular flexibility index (Phi) is 4.60. The van der Waals surface area contributed by atoms with Crippen LogP contribution < -0.4 is 5.32 Å². The van der Waals surface area contributed by atoms with Crippen molar-refractivity contribution in [2.45, 2.75) is 39.0 Å². The summed E-state index contributed by atoms with van der Waals surface area (Å²) < 4.78 is 0. The van der Waals surface area contributed by atoms with Crippen LogP contribution in [0.15, 0.2) is 11.8 Å². The van der Waals surface area contributed by atoms with E-state index in [4.69, 9.17) is 0 Å². The van der Waals surface area contributed by atoms with E-state index in [0.29, 0.717) is 12.3 Å². The molecule has 2 rings (SSSR count). The highest BCUT2D eigenvalue weighted by Crippen LogP contribution is 2.13. The minimum Gasteiger partial charge on any atom is -0.388 e. The molecule has 0 saturated carbocycles. The van der Waals surface area contributed by atoms with Crippen molar-refractivity contribution in [1.29, 1.82) is 0 Å². The number of ketones is 1. The number of hydrogen-bond donors (Lipinski definition) is 1. The van der Waals surface area contributed by atoms with E-state index in [0.717, 1.165) is 18.7 Å². The van der Waals surface area contributed by atoms with Gasteiger partial charge >= 0.3 is 0 Å². The predicted molar refractivity (Wildman–Crippen MR) is 69.8 cm³/mol. The van der Waals surface area contributed by atoms with Crippen LogP contribution in [0, 0.1) is 5.92 Å². The Bertz CT molecular complexity index is 293. The van der Waals surface area contributed by atoms with Gasteiger partial charge < -0.3 is 10.2 Å². The van der Waals surface area contributed by atoms with E-state index in [-0.39, 0.29) is 5.78 Å². The Morgan fingerprint density at radius 3 is 2.71 bits per heavy atom. The van der Waals surface area contributed by atoms with Crippen LogP contribution in [-0.2, 0) is 4.79 Å². The van der Waals surface area contributed by atoms with Crippen molar-refractivity contribution < 1.29 is 4.79 Å². The standard InChI is InChI=1S/C14H24N2O/c1-12(11-16-7-3-2-4-8-16)10-15-13-5-6-14(17)9-13/h9,12,15H,2-8,10-11H2,1H3. The highest BCUT2D eigenvalue weighted by atomic mass is 16.1. The SMILES string of the molecule is CC(CNC1=CC(=O)CC1)CN1CCCCC1. The second-order valence-electron chi connectivity index (χ2n) is 5.48. The molecule has 1 heterocycles. The molecular weight excluding hydrogens is 212 g/mol. The maximum atomic E-state index is 11.1. The number of likely N-dealkylation sites (tertiary alicyclic amines) is 1. The fourth-order valence-corrected chi connectivity index (χ4v) is 2.69. The smallest absolute Gasteiger partial charge is 0.157 e. The first-order chi connectivity index (χ1) is 8.24. The van der Waals surface area contributed by atoms with Gasteiger partial charge in [0.2, 0.25) is 0 Å². The third kappa shape index (κ3) is 4.15. The fraction of sp³-hybridized carbons (Fsp3) is 0.786. The molecule has 3 nitrogen and oxygen atoms in total. The Morgan fingerprint density at radius 2 is 2.06 bits per heavy atom. The lowest BCUT2D eigenvalue weighted by Gasteiger charge is -2.29. The first kappa shape index (κ1) is 12.6.